The van der Waals surface area contributed by atoms with E-state index in [0.29, 0.717) is 12.1 Å². The van der Waals surface area contributed by atoms with E-state index in [-0.39, 0.29) is 24.9 Å². The average molecular weight is 394 g/mol. The van der Waals surface area contributed by atoms with Crippen LogP contribution in [-0.4, -0.2) is 45.7 Å². The highest BCUT2D eigenvalue weighted by atomic mass is 16.5. The van der Waals surface area contributed by atoms with E-state index in [2.05, 4.69) is 10.1 Å². The van der Waals surface area contributed by atoms with Gasteiger partial charge in [0.15, 0.2) is 5.69 Å². The van der Waals surface area contributed by atoms with Crippen molar-refractivity contribution in [2.75, 3.05) is 18.1 Å². The summed E-state index contributed by atoms with van der Waals surface area (Å²) in [6.07, 6.45) is 3.38. The first-order valence-corrected chi connectivity index (χ1v) is 9.16. The molecule has 0 bridgehead atoms. The van der Waals surface area contributed by atoms with Crippen molar-refractivity contribution in [2.45, 2.75) is 13.3 Å². The van der Waals surface area contributed by atoms with E-state index >= 15 is 0 Å². The van der Waals surface area contributed by atoms with Crippen LogP contribution in [0.4, 0.5) is 5.82 Å². The van der Waals surface area contributed by atoms with E-state index in [1.807, 2.05) is 30.3 Å². The molecule has 1 aliphatic heterocycles. The number of ether oxygens (including phenoxy) is 1. The second-order valence-electron chi connectivity index (χ2n) is 6.39. The summed E-state index contributed by atoms with van der Waals surface area (Å²) >= 11 is 0. The molecule has 1 amide bonds. The Labute approximate surface area is 165 Å². The molecule has 4 rings (SSSR count). The fourth-order valence-corrected chi connectivity index (χ4v) is 3.21. The summed E-state index contributed by atoms with van der Waals surface area (Å²) in [4.78, 5) is 43.6. The number of rotatable bonds is 6. The summed E-state index contributed by atoms with van der Waals surface area (Å²) in [5.74, 6) is -3.37. The van der Waals surface area contributed by atoms with Crippen molar-refractivity contribution in [2.24, 2.45) is 5.92 Å². The van der Waals surface area contributed by atoms with Gasteiger partial charge in [0.2, 0.25) is 11.8 Å². The number of benzene rings is 1. The molecule has 2 aromatic heterocycles. The lowest BCUT2D eigenvalue weighted by Gasteiger charge is -2.30. The Bertz CT molecular complexity index is 1040. The topological polar surface area (TPSA) is 108 Å². The molecule has 1 aliphatic rings. The first kappa shape index (κ1) is 18.6. The molecule has 1 unspecified atom stereocenters. The van der Waals surface area contributed by atoms with Gasteiger partial charge in [0.1, 0.15) is 12.1 Å². The molecular formula is C20H18N4O5. The second kappa shape index (κ2) is 7.70. The molecule has 0 fully saturated rings. The number of anilines is 1. The summed E-state index contributed by atoms with van der Waals surface area (Å²) in [7, 11) is 0. The predicted octanol–water partition coefficient (Wildman–Crippen LogP) is 1.95. The Kier molecular flexibility index (Phi) is 4.94. The molecule has 1 atom stereocenters. The molecule has 1 aromatic carbocycles. The third-order valence-corrected chi connectivity index (χ3v) is 4.58. The number of nitrogens with zero attached hydrogens (tertiary/aromatic N) is 4. The van der Waals surface area contributed by atoms with Gasteiger partial charge in [-0.15, -0.1) is 0 Å². The van der Waals surface area contributed by atoms with Gasteiger partial charge in [0.05, 0.1) is 12.8 Å². The van der Waals surface area contributed by atoms with Crippen molar-refractivity contribution in [1.82, 2.24) is 14.8 Å². The number of carbonyl (C=O) groups excluding carboxylic acids is 3. The van der Waals surface area contributed by atoms with Gasteiger partial charge in [0, 0.05) is 12.6 Å². The van der Waals surface area contributed by atoms with Gasteiger partial charge >= 0.3 is 5.97 Å². The lowest BCUT2D eigenvalue weighted by atomic mass is 10.0. The maximum Gasteiger partial charge on any atom is 0.328 e. The minimum Gasteiger partial charge on any atom is -0.465 e. The number of oxazole rings is 1. The van der Waals surface area contributed by atoms with E-state index in [9.17, 15) is 14.4 Å². The monoisotopic (exact) mass is 394 g/mol. The molecule has 3 aromatic rings. The molecule has 0 aliphatic carbocycles. The molecule has 3 heterocycles. The number of carbonyl (C=O) groups is 3. The smallest absolute Gasteiger partial charge is 0.328 e. The van der Waals surface area contributed by atoms with Crippen LogP contribution in [-0.2, 0) is 20.7 Å². The Balaban J connectivity index is 1.72. The molecule has 0 radical (unpaired) electrons. The van der Waals surface area contributed by atoms with Gasteiger partial charge in [-0.3, -0.25) is 19.3 Å². The third-order valence-electron chi connectivity index (χ3n) is 4.58. The standard InChI is InChI=1S/C20H18N4O5/c1-2-28-20(27)16-18(25)23(10-8-13-6-4-3-5-7-13)15-12-14(17-21-9-11-29-17)22-24(15)19(16)26/h3-7,9,11-12,16H,2,8,10H2,1H3. The highest BCUT2D eigenvalue weighted by molar-refractivity contribution is 6.23. The van der Waals surface area contributed by atoms with Crippen molar-refractivity contribution in [3.63, 3.8) is 0 Å². The van der Waals surface area contributed by atoms with Crippen LogP contribution in [0.1, 0.15) is 17.3 Å². The first-order chi connectivity index (χ1) is 14.1. The molecular weight excluding hydrogens is 376 g/mol. The van der Waals surface area contributed by atoms with Crippen molar-refractivity contribution in [3.8, 4) is 11.6 Å². The zero-order valence-corrected chi connectivity index (χ0v) is 15.6. The van der Waals surface area contributed by atoms with Crippen molar-refractivity contribution in [1.29, 1.82) is 0 Å². The van der Waals surface area contributed by atoms with Crippen LogP contribution >= 0.6 is 0 Å². The van der Waals surface area contributed by atoms with E-state index in [1.165, 1.54) is 17.4 Å². The van der Waals surface area contributed by atoms with E-state index in [4.69, 9.17) is 9.15 Å². The molecule has 9 heteroatoms. The van der Waals surface area contributed by atoms with E-state index < -0.39 is 23.7 Å². The molecule has 0 saturated carbocycles. The van der Waals surface area contributed by atoms with Gasteiger partial charge in [-0.25, -0.2) is 4.98 Å². The van der Waals surface area contributed by atoms with Crippen molar-refractivity contribution >= 4 is 23.6 Å². The molecule has 0 N–H and O–H groups in total. The SMILES string of the molecule is CCOC(=O)C1C(=O)N(CCc2ccccc2)c2cc(-c3ncco3)nn2C1=O. The lowest BCUT2D eigenvalue weighted by Crippen LogP contribution is -2.51. The summed E-state index contributed by atoms with van der Waals surface area (Å²) in [5, 5.41) is 4.22. The Morgan fingerprint density at radius 2 is 2.00 bits per heavy atom. The number of aromatic nitrogens is 3. The van der Waals surface area contributed by atoms with Crippen molar-refractivity contribution < 1.29 is 23.5 Å². The van der Waals surface area contributed by atoms with Crippen LogP contribution in [0.15, 0.2) is 53.3 Å². The zero-order chi connectivity index (χ0) is 20.4. The summed E-state index contributed by atoms with van der Waals surface area (Å²) in [5.41, 5.74) is 1.31. The predicted molar refractivity (Wildman–Crippen MR) is 101 cm³/mol. The van der Waals surface area contributed by atoms with Gasteiger partial charge in [-0.05, 0) is 18.9 Å². The highest BCUT2D eigenvalue weighted by Crippen LogP contribution is 2.30. The van der Waals surface area contributed by atoms with Crippen LogP contribution < -0.4 is 4.90 Å². The molecule has 0 spiro atoms. The third kappa shape index (κ3) is 3.42. The van der Waals surface area contributed by atoms with Crippen LogP contribution in [0.5, 0.6) is 0 Å². The van der Waals surface area contributed by atoms with Crippen molar-refractivity contribution in [3.05, 3.63) is 54.4 Å². The van der Waals surface area contributed by atoms with Crippen LogP contribution in [0.2, 0.25) is 0 Å². The molecule has 0 saturated heterocycles. The Morgan fingerprint density at radius 1 is 1.21 bits per heavy atom. The largest absolute Gasteiger partial charge is 0.465 e. The average Bonchev–Trinajstić information content (AvgIpc) is 3.39. The molecule has 29 heavy (non-hydrogen) atoms. The first-order valence-electron chi connectivity index (χ1n) is 9.16. The number of hydrogen-bond donors (Lipinski definition) is 0. The van der Waals surface area contributed by atoms with Gasteiger partial charge < -0.3 is 9.15 Å². The summed E-state index contributed by atoms with van der Waals surface area (Å²) in [6, 6.07) is 11.2. The summed E-state index contributed by atoms with van der Waals surface area (Å²) < 4.78 is 11.2. The number of hydrogen-bond acceptors (Lipinski definition) is 7. The van der Waals surface area contributed by atoms with Gasteiger partial charge in [-0.1, -0.05) is 30.3 Å². The molecule has 148 valence electrons. The Morgan fingerprint density at radius 3 is 2.69 bits per heavy atom. The fourth-order valence-electron chi connectivity index (χ4n) is 3.21. The lowest BCUT2D eigenvalue weighted by molar-refractivity contribution is -0.149. The van der Waals surface area contributed by atoms with Crippen LogP contribution in [0.25, 0.3) is 11.6 Å². The van der Waals surface area contributed by atoms with Crippen LogP contribution in [0, 0.1) is 5.92 Å². The Hall–Kier alpha value is -3.75. The minimum atomic E-state index is -1.59. The number of amides is 1. The maximum atomic E-state index is 13.1. The zero-order valence-electron chi connectivity index (χ0n) is 15.6. The normalized spacial score (nSPS) is 16.0. The quantitative estimate of drug-likeness (QED) is 0.464. The highest BCUT2D eigenvalue weighted by Gasteiger charge is 2.46. The minimum absolute atomic E-state index is 0.0629. The van der Waals surface area contributed by atoms with Crippen LogP contribution in [0.3, 0.4) is 0 Å². The maximum absolute atomic E-state index is 13.1. The van der Waals surface area contributed by atoms with Gasteiger partial charge in [-0.2, -0.15) is 9.78 Å². The summed E-state index contributed by atoms with van der Waals surface area (Å²) in [6.45, 7) is 1.94. The fraction of sp³-hybridized carbons (Fsp3) is 0.250. The van der Waals surface area contributed by atoms with E-state index in [1.54, 1.807) is 13.0 Å². The van der Waals surface area contributed by atoms with E-state index in [0.717, 1.165) is 10.2 Å². The molecule has 9 nitrogen and oxygen atoms in total. The van der Waals surface area contributed by atoms with Gasteiger partial charge in [0.25, 0.3) is 11.8 Å². The number of fused-ring (bicyclic) bond motifs is 1. The number of esters is 1. The second-order valence-corrected chi connectivity index (χ2v) is 6.39.